The molecule has 0 atom stereocenters. The Kier molecular flexibility index (Phi) is 5.95. The van der Waals surface area contributed by atoms with Gasteiger partial charge in [-0.2, -0.15) is 0 Å². The average molecular weight is 282 g/mol. The minimum Gasteiger partial charge on any atom is -0.494 e. The Labute approximate surface area is 119 Å². The van der Waals surface area contributed by atoms with E-state index in [1.54, 1.807) is 18.2 Å². The zero-order valence-electron chi connectivity index (χ0n) is 12.5. The van der Waals surface area contributed by atoms with Crippen molar-refractivity contribution in [3.05, 3.63) is 29.6 Å². The second-order valence-electron chi connectivity index (χ2n) is 5.66. The fraction of sp³-hybridized carbons (Fsp3) is 0.533. The van der Waals surface area contributed by atoms with Gasteiger partial charge in [0.15, 0.2) is 11.6 Å². The molecule has 0 aromatic heterocycles. The van der Waals surface area contributed by atoms with Gasteiger partial charge in [-0.05, 0) is 26.8 Å². The molecule has 1 aromatic carbocycles. The van der Waals surface area contributed by atoms with Crippen LogP contribution in [0.4, 0.5) is 4.39 Å². The first-order valence-corrected chi connectivity index (χ1v) is 6.66. The standard InChI is InChI=1S/C15H23FN2O2/c1-15(2,3)18-13(19)8-9-17-10-11-6-5-7-12(20-4)14(11)16/h5-7,17H,8-10H2,1-4H3,(H,18,19). The van der Waals surface area contributed by atoms with Crippen molar-refractivity contribution in [1.29, 1.82) is 0 Å². The molecule has 0 bridgehead atoms. The zero-order chi connectivity index (χ0) is 15.2. The molecule has 0 aliphatic heterocycles. The number of hydrogen-bond donors (Lipinski definition) is 2. The summed E-state index contributed by atoms with van der Waals surface area (Å²) in [5.74, 6) is -0.146. The minimum atomic E-state index is -0.360. The average Bonchev–Trinajstić information content (AvgIpc) is 2.34. The fourth-order valence-electron chi connectivity index (χ4n) is 1.76. The second kappa shape index (κ2) is 7.24. The minimum absolute atomic E-state index is 0.0175. The Morgan fingerprint density at radius 2 is 2.05 bits per heavy atom. The van der Waals surface area contributed by atoms with Crippen LogP contribution in [-0.2, 0) is 11.3 Å². The molecule has 112 valence electrons. The molecule has 5 heteroatoms. The molecule has 0 aliphatic rings. The van der Waals surface area contributed by atoms with Crippen LogP contribution >= 0.6 is 0 Å². The summed E-state index contributed by atoms with van der Waals surface area (Å²) in [6.07, 6.45) is 0.364. The molecule has 0 unspecified atom stereocenters. The van der Waals surface area contributed by atoms with Crippen molar-refractivity contribution < 1.29 is 13.9 Å². The third kappa shape index (κ3) is 5.57. The molecule has 0 saturated carbocycles. The van der Waals surface area contributed by atoms with Gasteiger partial charge in [0.2, 0.25) is 5.91 Å². The highest BCUT2D eigenvalue weighted by atomic mass is 19.1. The molecule has 0 aliphatic carbocycles. The van der Waals surface area contributed by atoms with E-state index in [0.29, 0.717) is 25.1 Å². The van der Waals surface area contributed by atoms with Gasteiger partial charge in [-0.1, -0.05) is 12.1 Å². The van der Waals surface area contributed by atoms with Crippen molar-refractivity contribution in [2.24, 2.45) is 0 Å². The number of ether oxygens (including phenoxy) is 1. The van der Waals surface area contributed by atoms with Crippen molar-refractivity contribution >= 4 is 5.91 Å². The van der Waals surface area contributed by atoms with Gasteiger partial charge in [0.25, 0.3) is 0 Å². The Balaban J connectivity index is 2.37. The van der Waals surface area contributed by atoms with Gasteiger partial charge in [0.1, 0.15) is 0 Å². The smallest absolute Gasteiger partial charge is 0.221 e. The highest BCUT2D eigenvalue weighted by Gasteiger charge is 2.13. The van der Waals surface area contributed by atoms with Crippen LogP contribution in [0.25, 0.3) is 0 Å². The maximum absolute atomic E-state index is 13.8. The third-order valence-electron chi connectivity index (χ3n) is 2.62. The number of halogens is 1. The van der Waals surface area contributed by atoms with Crippen molar-refractivity contribution in [3.63, 3.8) is 0 Å². The Morgan fingerprint density at radius 3 is 2.65 bits per heavy atom. The van der Waals surface area contributed by atoms with Crippen LogP contribution in [0.3, 0.4) is 0 Å². The van der Waals surface area contributed by atoms with Crippen LogP contribution in [0.1, 0.15) is 32.8 Å². The molecule has 1 rings (SSSR count). The van der Waals surface area contributed by atoms with E-state index in [9.17, 15) is 9.18 Å². The number of benzene rings is 1. The molecular weight excluding hydrogens is 259 g/mol. The molecule has 0 fully saturated rings. The lowest BCUT2D eigenvalue weighted by molar-refractivity contribution is -0.122. The molecule has 0 saturated heterocycles. The summed E-state index contributed by atoms with van der Waals surface area (Å²) in [5, 5.41) is 5.93. The number of carbonyl (C=O) groups is 1. The Morgan fingerprint density at radius 1 is 1.35 bits per heavy atom. The number of methoxy groups -OCH3 is 1. The van der Waals surface area contributed by atoms with Gasteiger partial charge >= 0.3 is 0 Å². The maximum Gasteiger partial charge on any atom is 0.221 e. The first kappa shape index (κ1) is 16.4. The molecule has 0 radical (unpaired) electrons. The predicted molar refractivity (Wildman–Crippen MR) is 77.2 cm³/mol. The summed E-state index contributed by atoms with van der Waals surface area (Å²) >= 11 is 0. The van der Waals surface area contributed by atoms with Gasteiger partial charge in [0.05, 0.1) is 7.11 Å². The van der Waals surface area contributed by atoms with Crippen LogP contribution in [0.15, 0.2) is 18.2 Å². The molecule has 1 aromatic rings. The van der Waals surface area contributed by atoms with Crippen LogP contribution in [0.5, 0.6) is 5.75 Å². The van der Waals surface area contributed by atoms with Crippen molar-refractivity contribution in [2.45, 2.75) is 39.3 Å². The monoisotopic (exact) mass is 282 g/mol. The molecule has 20 heavy (non-hydrogen) atoms. The largest absolute Gasteiger partial charge is 0.494 e. The SMILES string of the molecule is COc1cccc(CNCCC(=O)NC(C)(C)C)c1F. The van der Waals surface area contributed by atoms with E-state index in [4.69, 9.17) is 4.74 Å². The van der Waals surface area contributed by atoms with Crippen LogP contribution in [-0.4, -0.2) is 25.1 Å². The lowest BCUT2D eigenvalue weighted by atomic mass is 10.1. The van der Waals surface area contributed by atoms with E-state index in [-0.39, 0.29) is 23.0 Å². The Bertz CT molecular complexity index is 456. The van der Waals surface area contributed by atoms with Gasteiger partial charge in [-0.15, -0.1) is 0 Å². The summed E-state index contributed by atoms with van der Waals surface area (Å²) in [7, 11) is 1.44. The third-order valence-corrected chi connectivity index (χ3v) is 2.62. The summed E-state index contributed by atoms with van der Waals surface area (Å²) in [5.41, 5.74) is 0.302. The summed E-state index contributed by atoms with van der Waals surface area (Å²) < 4.78 is 18.8. The maximum atomic E-state index is 13.8. The number of carbonyl (C=O) groups excluding carboxylic acids is 1. The number of nitrogens with one attached hydrogen (secondary N) is 2. The van der Waals surface area contributed by atoms with Crippen molar-refractivity contribution in [3.8, 4) is 5.75 Å². The number of amides is 1. The zero-order valence-corrected chi connectivity index (χ0v) is 12.5. The van der Waals surface area contributed by atoms with E-state index in [1.165, 1.54) is 7.11 Å². The first-order chi connectivity index (χ1) is 9.33. The molecular formula is C15H23FN2O2. The number of rotatable bonds is 6. The topological polar surface area (TPSA) is 50.4 Å². The lowest BCUT2D eigenvalue weighted by Crippen LogP contribution is -2.41. The molecule has 0 spiro atoms. The summed E-state index contributed by atoms with van der Waals surface area (Å²) in [4.78, 5) is 11.6. The van der Waals surface area contributed by atoms with Gasteiger partial charge in [-0.3, -0.25) is 4.79 Å². The molecule has 0 heterocycles. The molecule has 4 nitrogen and oxygen atoms in total. The summed E-state index contributed by atoms with van der Waals surface area (Å²) in [6.45, 7) is 6.67. The van der Waals surface area contributed by atoms with Crippen LogP contribution in [0, 0.1) is 5.82 Å². The first-order valence-electron chi connectivity index (χ1n) is 6.66. The highest BCUT2D eigenvalue weighted by Crippen LogP contribution is 2.19. The van der Waals surface area contributed by atoms with Crippen LogP contribution in [0.2, 0.25) is 0 Å². The fourth-order valence-corrected chi connectivity index (χ4v) is 1.76. The molecule has 2 N–H and O–H groups in total. The van der Waals surface area contributed by atoms with Gasteiger partial charge in [0, 0.05) is 30.6 Å². The Hall–Kier alpha value is -1.62. The highest BCUT2D eigenvalue weighted by molar-refractivity contribution is 5.76. The second-order valence-corrected chi connectivity index (χ2v) is 5.66. The quantitative estimate of drug-likeness (QED) is 0.787. The van der Waals surface area contributed by atoms with Gasteiger partial charge < -0.3 is 15.4 Å². The van der Waals surface area contributed by atoms with Crippen molar-refractivity contribution in [1.82, 2.24) is 10.6 Å². The predicted octanol–water partition coefficient (Wildman–Crippen LogP) is 2.23. The van der Waals surface area contributed by atoms with Crippen molar-refractivity contribution in [2.75, 3.05) is 13.7 Å². The van der Waals surface area contributed by atoms with Gasteiger partial charge in [-0.25, -0.2) is 4.39 Å². The number of hydrogen-bond acceptors (Lipinski definition) is 3. The normalized spacial score (nSPS) is 11.2. The molecule has 1 amide bonds. The van der Waals surface area contributed by atoms with E-state index in [1.807, 2.05) is 20.8 Å². The summed E-state index contributed by atoms with van der Waals surface area (Å²) in [6, 6.07) is 5.01. The van der Waals surface area contributed by atoms with Crippen LogP contribution < -0.4 is 15.4 Å². The van der Waals surface area contributed by atoms with E-state index in [0.717, 1.165) is 0 Å². The van der Waals surface area contributed by atoms with E-state index >= 15 is 0 Å². The van der Waals surface area contributed by atoms with E-state index < -0.39 is 0 Å². The van der Waals surface area contributed by atoms with E-state index in [2.05, 4.69) is 10.6 Å². The lowest BCUT2D eigenvalue weighted by Gasteiger charge is -2.20.